The molecule has 8 aromatic rings. The van der Waals surface area contributed by atoms with Crippen molar-refractivity contribution in [1.82, 2.24) is 8.96 Å². The molecule has 5 aliphatic rings. The van der Waals surface area contributed by atoms with Crippen molar-refractivity contribution in [3.05, 3.63) is 292 Å². The molecule has 0 saturated carbocycles. The molecule has 15 heteroatoms. The highest BCUT2D eigenvalue weighted by Gasteiger charge is 2.58. The van der Waals surface area contributed by atoms with Crippen molar-refractivity contribution in [2.45, 2.75) is 102 Å². The number of allylic oxidation sites excluding steroid dienone is 5. The summed E-state index contributed by atoms with van der Waals surface area (Å²) in [5.74, 6) is 30.3. The van der Waals surface area contributed by atoms with Gasteiger partial charge in [-0.1, -0.05) is 111 Å². The Morgan fingerprint density at radius 1 is 0.413 bits per heavy atom. The van der Waals surface area contributed by atoms with Crippen molar-refractivity contribution < 1.29 is 35.7 Å². The van der Waals surface area contributed by atoms with Gasteiger partial charge in [0, 0.05) is 133 Å². The Morgan fingerprint density at radius 3 is 1.12 bits per heavy atom. The Labute approximate surface area is 620 Å². The first-order valence-electron chi connectivity index (χ1n) is 36.4. The Kier molecular flexibility index (Phi) is 22.0. The molecule has 1 fully saturated rings. The molecular formula is C89H87B2F4N5O2S2. The van der Waals surface area contributed by atoms with Gasteiger partial charge in [0.05, 0.1) is 37.6 Å². The quantitative estimate of drug-likeness (QED) is 0.0818. The molecule has 2 aromatic heterocycles. The molecule has 6 aromatic carbocycles. The molecule has 7 heterocycles. The summed E-state index contributed by atoms with van der Waals surface area (Å²) >= 11 is 3.81. The van der Waals surface area contributed by atoms with E-state index in [1.165, 1.54) is 17.9 Å². The third-order valence-corrected chi connectivity index (χ3v) is 22.8. The number of rotatable bonds is 9. The number of thioether (sulfide) groups is 2. The Balaban J connectivity index is 0.663. The van der Waals surface area contributed by atoms with Gasteiger partial charge >= 0.3 is 13.9 Å². The minimum absolute atomic E-state index is 0.535. The smallest absolute Gasteiger partial charge is 0.393 e. The van der Waals surface area contributed by atoms with Gasteiger partial charge in [0.2, 0.25) is 0 Å². The van der Waals surface area contributed by atoms with Gasteiger partial charge in [-0.2, -0.15) is 23.5 Å². The Bertz CT molecular complexity index is 5180. The lowest BCUT2D eigenvalue weighted by atomic mass is 9.83. The largest absolute Gasteiger partial charge is 0.737 e. The minimum Gasteiger partial charge on any atom is -0.393 e. The summed E-state index contributed by atoms with van der Waals surface area (Å²) in [6.45, 7) is 17.9. The van der Waals surface area contributed by atoms with E-state index in [9.17, 15) is 0 Å². The van der Waals surface area contributed by atoms with Gasteiger partial charge in [0.15, 0.2) is 17.1 Å². The number of nitrogens with zero attached hydrogens (tertiary/aromatic N) is 5. The number of anilines is 1. The van der Waals surface area contributed by atoms with Crippen molar-refractivity contribution >= 4 is 71.8 Å². The minimum atomic E-state index is -4.29. The van der Waals surface area contributed by atoms with E-state index in [0.29, 0.717) is 84.5 Å². The van der Waals surface area contributed by atoms with Crippen LogP contribution in [0.5, 0.6) is 0 Å². The maximum atomic E-state index is 17.9. The van der Waals surface area contributed by atoms with E-state index in [0.717, 1.165) is 172 Å². The summed E-state index contributed by atoms with van der Waals surface area (Å²) in [6.07, 6.45) is 6.50. The maximum absolute atomic E-state index is 17.9. The summed E-state index contributed by atoms with van der Waals surface area (Å²) in [4.78, 5) is 2.44. The fourth-order valence-electron chi connectivity index (χ4n) is 15.8. The highest BCUT2D eigenvalue weighted by Crippen LogP contribution is 2.49. The molecule has 0 amide bonds. The molecule has 1 saturated heterocycles. The number of aromatic nitrogens is 2. The summed E-state index contributed by atoms with van der Waals surface area (Å²) in [5, 5.41) is 0. The molecule has 5 aliphatic heterocycles. The van der Waals surface area contributed by atoms with Crippen LogP contribution in [0, 0.1) is 75.1 Å². The SMILES string of the molecule is CCC1=C(C)C2=C(c3ccc(C#Cc4ccc(C#Cc5ccc(C#Cc6ccc(C#Cc7ccc(C8=C9C(C)=C(CC)C(/C=C/c%10ccc(N%11CCSCCOCCOCCSCC%11)cc%10)=[N+]9[B-](F)(F)n9c(C)c(CC)c(C)c98)cc7)cc6)cc5)cc4)cc3)c3c(C)c(CC)c(C)n3[B-](F)(F)[N+]2=C1C. The lowest BCUT2D eigenvalue weighted by Crippen LogP contribution is -2.51. The second-order valence-electron chi connectivity index (χ2n) is 27.0. The zero-order valence-corrected chi connectivity index (χ0v) is 63.1. The molecule has 0 aliphatic carbocycles. The van der Waals surface area contributed by atoms with Gasteiger partial charge in [0.1, 0.15) is 5.71 Å². The van der Waals surface area contributed by atoms with E-state index in [4.69, 9.17) is 9.47 Å². The van der Waals surface area contributed by atoms with Crippen molar-refractivity contribution in [2.75, 3.05) is 67.4 Å². The number of ether oxygens (including phenoxy) is 2. The molecule has 0 unspecified atom stereocenters. The average Bonchev–Trinajstić information content (AvgIpc) is 1.53. The normalized spacial score (nSPS) is 16.7. The standard InChI is InChI=1S/C89H87B2F4N5O2S2/c1-12-79-60(5)86-84(87-61(6)80(13-2)65(10)98(87)90(92,93)97(86)64(79)9)76-43-36-73(37-44-76)34-32-71-28-24-69(25-29-71)22-20-67-16-18-68(19-17-67)21-23-70-26-30-72(31-27-70)33-35-74-38-45-77(46-39-74)85-88-62(7)81(14-3)66(11)99(88)91(94,95)100-83(82(15-4)63(8)89(85)100)49-42-75-40-47-78(48-41-75)96-50-56-103-58-54-101-52-53-102-55-59-104-57-51-96/h16-19,24-31,36-49H,12-15,50-59H2,1-11H3/b49-42+. The van der Waals surface area contributed by atoms with E-state index in [-0.39, 0.29) is 0 Å². The van der Waals surface area contributed by atoms with Crippen molar-refractivity contribution in [1.29, 1.82) is 0 Å². The number of hydrogen-bond acceptors (Lipinski definition) is 5. The third-order valence-electron chi connectivity index (χ3n) is 21.0. The number of hydrogen-bond donors (Lipinski definition) is 0. The van der Waals surface area contributed by atoms with Gasteiger partial charge < -0.3 is 49.6 Å². The van der Waals surface area contributed by atoms with E-state index in [1.54, 1.807) is 0 Å². The van der Waals surface area contributed by atoms with E-state index >= 15 is 17.3 Å². The summed E-state index contributed by atoms with van der Waals surface area (Å²) in [7, 11) is 0. The van der Waals surface area contributed by atoms with Gasteiger partial charge in [-0.3, -0.25) is 0 Å². The topological polar surface area (TPSA) is 37.6 Å². The molecule has 0 atom stereocenters. The first-order valence-corrected chi connectivity index (χ1v) is 38.8. The van der Waals surface area contributed by atoms with Gasteiger partial charge in [-0.15, -0.1) is 0 Å². The fraction of sp³-hybridized carbons (Fsp3) is 0.281. The molecule has 0 N–H and O–H groups in total. The summed E-state index contributed by atoms with van der Waals surface area (Å²) in [5.41, 5.74) is 24.4. The lowest BCUT2D eigenvalue weighted by Gasteiger charge is -2.34. The number of fused-ring (bicyclic) bond motifs is 4. The van der Waals surface area contributed by atoms with Crippen molar-refractivity contribution in [3.63, 3.8) is 0 Å². The van der Waals surface area contributed by atoms with Gasteiger partial charge in [-0.25, -0.2) is 0 Å². The monoisotopic (exact) mass is 1420 g/mol. The molecule has 0 radical (unpaired) electrons. The Hall–Kier alpha value is -9.57. The molecule has 7 nitrogen and oxygen atoms in total. The molecule has 0 bridgehead atoms. The lowest BCUT2D eigenvalue weighted by molar-refractivity contribution is -0.364. The highest BCUT2D eigenvalue weighted by molar-refractivity contribution is 7.99. The molecule has 104 heavy (non-hydrogen) atoms. The molecule has 0 spiro atoms. The Morgan fingerprint density at radius 2 is 0.760 bits per heavy atom. The maximum Gasteiger partial charge on any atom is 0.737 e. The predicted octanol–water partition coefficient (Wildman–Crippen LogP) is 18.7. The molecule has 13 rings (SSSR count). The summed E-state index contributed by atoms with van der Waals surface area (Å²) < 4.78 is 86.1. The van der Waals surface area contributed by atoms with Crippen LogP contribution in [0.1, 0.15) is 168 Å². The van der Waals surface area contributed by atoms with Crippen LogP contribution in [0.15, 0.2) is 185 Å². The van der Waals surface area contributed by atoms with Crippen LogP contribution in [0.2, 0.25) is 0 Å². The average molecular weight is 1420 g/mol. The fourth-order valence-corrected chi connectivity index (χ4v) is 17.4. The van der Waals surface area contributed by atoms with Crippen LogP contribution >= 0.6 is 23.5 Å². The van der Waals surface area contributed by atoms with Gasteiger partial charge in [-0.05, 0) is 233 Å². The first-order chi connectivity index (χ1) is 50.4. The van der Waals surface area contributed by atoms with Crippen LogP contribution in [-0.2, 0) is 22.3 Å². The zero-order chi connectivity index (χ0) is 73.0. The summed E-state index contributed by atoms with van der Waals surface area (Å²) in [6, 6.07) is 48.2. The molecule has 526 valence electrons. The third kappa shape index (κ3) is 14.3. The van der Waals surface area contributed by atoms with Crippen molar-refractivity contribution in [3.8, 4) is 47.4 Å². The number of benzene rings is 6. The van der Waals surface area contributed by atoms with E-state index in [1.807, 2.05) is 226 Å². The van der Waals surface area contributed by atoms with Crippen LogP contribution in [0.4, 0.5) is 23.0 Å². The van der Waals surface area contributed by atoms with E-state index < -0.39 is 13.9 Å². The first kappa shape index (κ1) is 72.8. The highest BCUT2D eigenvalue weighted by atomic mass is 32.2. The molecular weight excluding hydrogens is 1330 g/mol. The van der Waals surface area contributed by atoms with Gasteiger partial charge in [0.25, 0.3) is 0 Å². The zero-order valence-electron chi connectivity index (χ0n) is 61.4. The van der Waals surface area contributed by atoms with Crippen LogP contribution in [0.3, 0.4) is 0 Å². The predicted molar refractivity (Wildman–Crippen MR) is 428 cm³/mol. The van der Waals surface area contributed by atoms with Crippen LogP contribution in [-0.4, -0.2) is 106 Å². The van der Waals surface area contributed by atoms with E-state index in [2.05, 4.69) is 83.5 Å². The number of halogens is 4. The van der Waals surface area contributed by atoms with Crippen molar-refractivity contribution in [2.24, 2.45) is 0 Å². The second kappa shape index (κ2) is 31.4. The van der Waals surface area contributed by atoms with Crippen LogP contribution in [0.25, 0.3) is 17.2 Å². The second-order valence-corrected chi connectivity index (χ2v) is 29.5. The van der Waals surface area contributed by atoms with Crippen LogP contribution < -0.4 is 4.90 Å².